The zero-order valence-corrected chi connectivity index (χ0v) is 15.1. The highest BCUT2D eigenvalue weighted by atomic mass is 16.3. The summed E-state index contributed by atoms with van der Waals surface area (Å²) in [5.41, 5.74) is 0. The van der Waals surface area contributed by atoms with E-state index in [0.717, 1.165) is 18.5 Å². The molecule has 2 rings (SSSR count). The van der Waals surface area contributed by atoms with Gasteiger partial charge in [-0.1, -0.05) is 64.7 Å². The van der Waals surface area contributed by atoms with Gasteiger partial charge in [0.1, 0.15) is 0 Å². The first-order valence-electron chi connectivity index (χ1n) is 10.2. The van der Waals surface area contributed by atoms with Crippen molar-refractivity contribution in [3.8, 4) is 0 Å². The molecule has 2 nitrogen and oxygen atoms in total. The van der Waals surface area contributed by atoms with Gasteiger partial charge in [-0.3, -0.25) is 4.90 Å². The Balaban J connectivity index is 1.64. The van der Waals surface area contributed by atoms with Crippen LogP contribution in [0.2, 0.25) is 0 Å². The van der Waals surface area contributed by atoms with Crippen LogP contribution in [-0.2, 0) is 0 Å². The molecule has 0 unspecified atom stereocenters. The lowest BCUT2D eigenvalue weighted by Gasteiger charge is -2.50. The molecule has 2 saturated heterocycles. The predicted molar refractivity (Wildman–Crippen MR) is 95.2 cm³/mol. The summed E-state index contributed by atoms with van der Waals surface area (Å²) in [4.78, 5) is 2.71. The van der Waals surface area contributed by atoms with Crippen LogP contribution in [0, 0.1) is 0 Å². The molecule has 0 aromatic heterocycles. The fraction of sp³-hybridized carbons (Fsp3) is 1.00. The number of nitrogens with zero attached hydrogens (tertiary/aromatic N) is 1. The van der Waals surface area contributed by atoms with E-state index in [-0.39, 0.29) is 6.10 Å². The van der Waals surface area contributed by atoms with Crippen LogP contribution in [-0.4, -0.2) is 34.2 Å². The molecular formula is C20H39NO. The molecule has 0 aliphatic carbocycles. The van der Waals surface area contributed by atoms with Crippen LogP contribution < -0.4 is 0 Å². The SMILES string of the molecule is CCCCCCCCCC[C@H]1CCC[C@@H]2CC[C@@H](O)[C@H](C)N12. The maximum Gasteiger partial charge on any atom is 0.0693 e. The average Bonchev–Trinajstić information content (AvgIpc) is 2.53. The van der Waals surface area contributed by atoms with Crippen molar-refractivity contribution in [3.63, 3.8) is 0 Å². The summed E-state index contributed by atoms with van der Waals surface area (Å²) in [5, 5.41) is 10.2. The highest BCUT2D eigenvalue weighted by Gasteiger charge is 2.39. The fourth-order valence-electron chi connectivity index (χ4n) is 4.75. The number of piperidine rings is 2. The topological polar surface area (TPSA) is 23.5 Å². The summed E-state index contributed by atoms with van der Waals surface area (Å²) in [5.74, 6) is 0. The first kappa shape index (κ1) is 18.3. The van der Waals surface area contributed by atoms with E-state index in [1.807, 2.05) is 0 Å². The number of aliphatic hydroxyl groups is 1. The highest BCUT2D eigenvalue weighted by Crippen LogP contribution is 2.35. The van der Waals surface area contributed by atoms with Gasteiger partial charge in [-0.2, -0.15) is 0 Å². The maximum atomic E-state index is 10.2. The van der Waals surface area contributed by atoms with Gasteiger partial charge in [-0.25, -0.2) is 0 Å². The third-order valence-corrected chi connectivity index (χ3v) is 6.13. The molecule has 4 atom stereocenters. The lowest BCUT2D eigenvalue weighted by atomic mass is 9.83. The van der Waals surface area contributed by atoms with Crippen LogP contribution in [0.3, 0.4) is 0 Å². The van der Waals surface area contributed by atoms with Crippen LogP contribution in [0.15, 0.2) is 0 Å². The van der Waals surface area contributed by atoms with Gasteiger partial charge in [-0.15, -0.1) is 0 Å². The molecule has 0 aromatic rings. The number of fused-ring (bicyclic) bond motifs is 1. The largest absolute Gasteiger partial charge is 0.392 e. The molecule has 0 bridgehead atoms. The molecule has 130 valence electrons. The molecular weight excluding hydrogens is 270 g/mol. The summed E-state index contributed by atoms with van der Waals surface area (Å²) < 4.78 is 0. The van der Waals surface area contributed by atoms with Gasteiger partial charge in [0.15, 0.2) is 0 Å². The van der Waals surface area contributed by atoms with Crippen molar-refractivity contribution in [1.29, 1.82) is 0 Å². The minimum atomic E-state index is -0.0876. The molecule has 2 heteroatoms. The van der Waals surface area contributed by atoms with E-state index in [2.05, 4.69) is 18.7 Å². The van der Waals surface area contributed by atoms with Gasteiger partial charge in [0, 0.05) is 18.1 Å². The molecule has 0 aromatic carbocycles. The van der Waals surface area contributed by atoms with Crippen molar-refractivity contribution < 1.29 is 5.11 Å². The van der Waals surface area contributed by atoms with Gasteiger partial charge in [-0.05, 0) is 39.0 Å². The Hall–Kier alpha value is -0.0800. The molecule has 2 aliphatic rings. The lowest BCUT2D eigenvalue weighted by Crippen LogP contribution is -2.58. The van der Waals surface area contributed by atoms with Crippen LogP contribution in [0.5, 0.6) is 0 Å². The van der Waals surface area contributed by atoms with Crippen molar-refractivity contribution in [2.24, 2.45) is 0 Å². The number of rotatable bonds is 9. The quantitative estimate of drug-likeness (QED) is 0.585. The van der Waals surface area contributed by atoms with E-state index in [4.69, 9.17) is 0 Å². The average molecular weight is 310 g/mol. The smallest absolute Gasteiger partial charge is 0.0693 e. The van der Waals surface area contributed by atoms with E-state index in [1.54, 1.807) is 0 Å². The number of hydrogen-bond acceptors (Lipinski definition) is 2. The van der Waals surface area contributed by atoms with E-state index < -0.39 is 0 Å². The minimum absolute atomic E-state index is 0.0876. The zero-order valence-electron chi connectivity index (χ0n) is 15.1. The molecule has 1 N–H and O–H groups in total. The highest BCUT2D eigenvalue weighted by molar-refractivity contribution is 4.94. The molecule has 0 spiro atoms. The van der Waals surface area contributed by atoms with Crippen molar-refractivity contribution in [1.82, 2.24) is 4.90 Å². The van der Waals surface area contributed by atoms with Gasteiger partial charge < -0.3 is 5.11 Å². The Morgan fingerprint density at radius 1 is 0.864 bits per heavy atom. The number of unbranched alkanes of at least 4 members (excludes halogenated alkanes) is 7. The van der Waals surface area contributed by atoms with Crippen molar-refractivity contribution in [3.05, 3.63) is 0 Å². The standard InChI is InChI=1S/C20H39NO/c1-3-4-5-6-7-8-9-10-12-18-13-11-14-19-15-16-20(22)17(2)21(18)19/h17-20,22H,3-16H2,1-2H3/t17-,18-,19+,20+/m0/s1. The lowest BCUT2D eigenvalue weighted by molar-refractivity contribution is -0.0599. The molecule has 0 radical (unpaired) electrons. The monoisotopic (exact) mass is 309 g/mol. The molecule has 2 fully saturated rings. The van der Waals surface area contributed by atoms with Crippen LogP contribution in [0.4, 0.5) is 0 Å². The van der Waals surface area contributed by atoms with Crippen molar-refractivity contribution >= 4 is 0 Å². The zero-order chi connectivity index (χ0) is 15.8. The van der Waals surface area contributed by atoms with E-state index in [0.29, 0.717) is 6.04 Å². The molecule has 2 heterocycles. The Labute approximate surface area is 138 Å². The Morgan fingerprint density at radius 2 is 1.55 bits per heavy atom. The second-order valence-electron chi connectivity index (χ2n) is 7.83. The fourth-order valence-corrected chi connectivity index (χ4v) is 4.75. The molecule has 22 heavy (non-hydrogen) atoms. The van der Waals surface area contributed by atoms with Gasteiger partial charge >= 0.3 is 0 Å². The van der Waals surface area contributed by atoms with E-state index in [9.17, 15) is 5.11 Å². The Bertz CT molecular complexity index is 291. The first-order chi connectivity index (χ1) is 10.7. The summed E-state index contributed by atoms with van der Waals surface area (Å²) in [6.45, 7) is 4.54. The Morgan fingerprint density at radius 3 is 2.27 bits per heavy atom. The summed E-state index contributed by atoms with van der Waals surface area (Å²) in [7, 11) is 0. The number of aliphatic hydroxyl groups excluding tert-OH is 1. The van der Waals surface area contributed by atoms with E-state index >= 15 is 0 Å². The van der Waals surface area contributed by atoms with Gasteiger partial charge in [0.2, 0.25) is 0 Å². The van der Waals surface area contributed by atoms with Gasteiger partial charge in [0.05, 0.1) is 6.10 Å². The van der Waals surface area contributed by atoms with Crippen LogP contribution in [0.1, 0.15) is 104 Å². The summed E-state index contributed by atoms with van der Waals surface area (Å²) >= 11 is 0. The molecule has 2 aliphatic heterocycles. The van der Waals surface area contributed by atoms with Gasteiger partial charge in [0.25, 0.3) is 0 Å². The normalized spacial score (nSPS) is 32.9. The predicted octanol–water partition coefficient (Wildman–Crippen LogP) is 5.28. The van der Waals surface area contributed by atoms with Crippen LogP contribution >= 0.6 is 0 Å². The van der Waals surface area contributed by atoms with Crippen molar-refractivity contribution in [2.75, 3.05) is 0 Å². The summed E-state index contributed by atoms with van der Waals surface area (Å²) in [6, 6.07) is 1.91. The second kappa shape index (κ2) is 9.93. The third-order valence-electron chi connectivity index (χ3n) is 6.13. The number of hydrogen-bond donors (Lipinski definition) is 1. The first-order valence-corrected chi connectivity index (χ1v) is 10.2. The van der Waals surface area contributed by atoms with Crippen LogP contribution in [0.25, 0.3) is 0 Å². The molecule has 0 amide bonds. The summed E-state index contributed by atoms with van der Waals surface area (Å²) in [6.07, 6.45) is 19.0. The maximum absolute atomic E-state index is 10.2. The molecule has 0 saturated carbocycles. The second-order valence-corrected chi connectivity index (χ2v) is 7.83. The minimum Gasteiger partial charge on any atom is -0.392 e. The van der Waals surface area contributed by atoms with Crippen molar-refractivity contribution in [2.45, 2.75) is 128 Å². The third kappa shape index (κ3) is 5.23. The Kier molecular flexibility index (Phi) is 8.24. The van der Waals surface area contributed by atoms with E-state index in [1.165, 1.54) is 83.5 Å².